The SMILES string of the molecule is CC(C(=O)c1ccc2c(c1)Cc1ccccc1-2)n1ccnc1. The van der Waals surface area contributed by atoms with Gasteiger partial charge in [0.2, 0.25) is 0 Å². The highest BCUT2D eigenvalue weighted by Crippen LogP contribution is 2.37. The summed E-state index contributed by atoms with van der Waals surface area (Å²) < 4.78 is 1.84. The summed E-state index contributed by atoms with van der Waals surface area (Å²) in [5.41, 5.74) is 5.89. The number of ketones is 1. The Morgan fingerprint density at radius 1 is 1.14 bits per heavy atom. The molecule has 0 radical (unpaired) electrons. The predicted molar refractivity (Wildman–Crippen MR) is 86.0 cm³/mol. The largest absolute Gasteiger partial charge is 0.327 e. The van der Waals surface area contributed by atoms with Gasteiger partial charge in [0.15, 0.2) is 5.78 Å². The molecule has 3 nitrogen and oxygen atoms in total. The van der Waals surface area contributed by atoms with Gasteiger partial charge in [-0.3, -0.25) is 4.79 Å². The van der Waals surface area contributed by atoms with E-state index in [0.29, 0.717) is 0 Å². The topological polar surface area (TPSA) is 34.9 Å². The summed E-state index contributed by atoms with van der Waals surface area (Å²) in [6.45, 7) is 1.91. The van der Waals surface area contributed by atoms with E-state index >= 15 is 0 Å². The van der Waals surface area contributed by atoms with Crippen LogP contribution in [0.1, 0.15) is 34.5 Å². The molecule has 2 aromatic carbocycles. The van der Waals surface area contributed by atoms with Crippen LogP contribution < -0.4 is 0 Å². The third kappa shape index (κ3) is 1.98. The molecule has 0 bridgehead atoms. The van der Waals surface area contributed by atoms with Crippen LogP contribution >= 0.6 is 0 Å². The van der Waals surface area contributed by atoms with Crippen LogP contribution in [0.4, 0.5) is 0 Å². The Morgan fingerprint density at radius 2 is 1.95 bits per heavy atom. The number of rotatable bonds is 3. The molecule has 0 aliphatic heterocycles. The van der Waals surface area contributed by atoms with Crippen molar-refractivity contribution in [2.45, 2.75) is 19.4 Å². The van der Waals surface area contributed by atoms with Crippen molar-refractivity contribution < 1.29 is 4.79 Å². The standard InChI is InChI=1S/C19H16N2O/c1-13(21-9-8-20-12-21)19(22)15-6-7-18-16(11-15)10-14-4-2-3-5-17(14)18/h2-9,11-13H,10H2,1H3. The van der Waals surface area contributed by atoms with Gasteiger partial charge in [0.1, 0.15) is 0 Å². The summed E-state index contributed by atoms with van der Waals surface area (Å²) in [6, 6.07) is 14.3. The number of nitrogens with zero attached hydrogens (tertiary/aromatic N) is 2. The molecule has 3 heteroatoms. The lowest BCUT2D eigenvalue weighted by atomic mass is 9.99. The molecule has 0 spiro atoms. The molecule has 1 atom stereocenters. The Labute approximate surface area is 129 Å². The third-order valence-electron chi connectivity index (χ3n) is 4.43. The molecule has 3 aromatic rings. The van der Waals surface area contributed by atoms with E-state index in [4.69, 9.17) is 0 Å². The van der Waals surface area contributed by atoms with Gasteiger partial charge in [-0.15, -0.1) is 0 Å². The second-order valence-electron chi connectivity index (χ2n) is 5.76. The lowest BCUT2D eigenvalue weighted by Crippen LogP contribution is -2.15. The normalized spacial score (nSPS) is 13.5. The van der Waals surface area contributed by atoms with Crippen molar-refractivity contribution in [1.29, 1.82) is 0 Å². The molecule has 1 aliphatic rings. The maximum Gasteiger partial charge on any atom is 0.185 e. The fraction of sp³-hybridized carbons (Fsp3) is 0.158. The third-order valence-corrected chi connectivity index (χ3v) is 4.43. The smallest absolute Gasteiger partial charge is 0.185 e. The van der Waals surface area contributed by atoms with Crippen LogP contribution in [-0.2, 0) is 6.42 Å². The monoisotopic (exact) mass is 288 g/mol. The molecule has 0 saturated heterocycles. The minimum absolute atomic E-state index is 0.122. The van der Waals surface area contributed by atoms with Crippen molar-refractivity contribution in [3.8, 4) is 11.1 Å². The minimum atomic E-state index is -0.232. The lowest BCUT2D eigenvalue weighted by molar-refractivity contribution is 0.0935. The van der Waals surface area contributed by atoms with E-state index in [1.807, 2.05) is 29.8 Å². The number of hydrogen-bond donors (Lipinski definition) is 0. The highest BCUT2D eigenvalue weighted by Gasteiger charge is 2.21. The van der Waals surface area contributed by atoms with Crippen molar-refractivity contribution in [3.63, 3.8) is 0 Å². The molecule has 0 saturated carbocycles. The van der Waals surface area contributed by atoms with Crippen molar-refractivity contribution in [3.05, 3.63) is 77.9 Å². The van der Waals surface area contributed by atoms with Crippen LogP contribution in [0.15, 0.2) is 61.2 Å². The van der Waals surface area contributed by atoms with E-state index < -0.39 is 0 Å². The molecule has 1 aromatic heterocycles. The molecule has 0 N–H and O–H groups in total. The van der Waals surface area contributed by atoms with Gasteiger partial charge in [-0.05, 0) is 41.7 Å². The van der Waals surface area contributed by atoms with E-state index in [1.54, 1.807) is 12.5 Å². The van der Waals surface area contributed by atoms with Gasteiger partial charge >= 0.3 is 0 Å². The van der Waals surface area contributed by atoms with E-state index in [-0.39, 0.29) is 11.8 Å². The number of hydrogen-bond acceptors (Lipinski definition) is 2. The van der Waals surface area contributed by atoms with Gasteiger partial charge in [0, 0.05) is 18.0 Å². The number of carbonyl (C=O) groups excluding carboxylic acids is 1. The van der Waals surface area contributed by atoms with Crippen LogP contribution in [0.2, 0.25) is 0 Å². The van der Waals surface area contributed by atoms with Gasteiger partial charge in [-0.1, -0.05) is 36.4 Å². The Balaban J connectivity index is 1.69. The van der Waals surface area contributed by atoms with Gasteiger partial charge in [0.05, 0.1) is 12.4 Å². The average molecular weight is 288 g/mol. The van der Waals surface area contributed by atoms with Crippen molar-refractivity contribution >= 4 is 5.78 Å². The van der Waals surface area contributed by atoms with Crippen LogP contribution in [0, 0.1) is 0 Å². The highest BCUT2D eigenvalue weighted by molar-refractivity contribution is 5.99. The maximum absolute atomic E-state index is 12.7. The summed E-state index contributed by atoms with van der Waals surface area (Å²) in [6.07, 6.45) is 6.12. The van der Waals surface area contributed by atoms with Crippen molar-refractivity contribution in [2.24, 2.45) is 0 Å². The van der Waals surface area contributed by atoms with Crippen molar-refractivity contribution in [1.82, 2.24) is 9.55 Å². The molecular weight excluding hydrogens is 272 g/mol. The summed E-state index contributed by atoms with van der Waals surface area (Å²) in [5.74, 6) is 0.122. The molecule has 0 fully saturated rings. The first-order chi connectivity index (χ1) is 10.7. The Bertz CT molecular complexity index is 850. The molecule has 1 unspecified atom stereocenters. The van der Waals surface area contributed by atoms with E-state index in [1.165, 1.54) is 22.3 Å². The summed E-state index contributed by atoms with van der Waals surface area (Å²) in [7, 11) is 0. The zero-order valence-electron chi connectivity index (χ0n) is 12.4. The van der Waals surface area contributed by atoms with Crippen LogP contribution in [0.3, 0.4) is 0 Å². The number of benzene rings is 2. The van der Waals surface area contributed by atoms with Crippen LogP contribution in [0.25, 0.3) is 11.1 Å². The number of Topliss-reactive ketones (excluding diaryl/α,β-unsaturated/α-hetero) is 1. The predicted octanol–water partition coefficient (Wildman–Crippen LogP) is 3.90. The van der Waals surface area contributed by atoms with E-state index in [0.717, 1.165) is 12.0 Å². The molecule has 4 rings (SSSR count). The zero-order chi connectivity index (χ0) is 15.1. The fourth-order valence-electron chi connectivity index (χ4n) is 3.17. The number of aromatic nitrogens is 2. The molecule has 22 heavy (non-hydrogen) atoms. The molecule has 0 amide bonds. The average Bonchev–Trinajstić information content (AvgIpc) is 3.20. The summed E-state index contributed by atoms with van der Waals surface area (Å²) >= 11 is 0. The van der Waals surface area contributed by atoms with Gasteiger partial charge in [-0.2, -0.15) is 0 Å². The second kappa shape index (κ2) is 4.95. The lowest BCUT2D eigenvalue weighted by Gasteiger charge is -2.12. The Morgan fingerprint density at radius 3 is 2.77 bits per heavy atom. The van der Waals surface area contributed by atoms with Gasteiger partial charge < -0.3 is 4.57 Å². The fourth-order valence-corrected chi connectivity index (χ4v) is 3.17. The molecule has 1 heterocycles. The van der Waals surface area contributed by atoms with Crippen LogP contribution in [-0.4, -0.2) is 15.3 Å². The first-order valence-corrected chi connectivity index (χ1v) is 7.47. The zero-order valence-corrected chi connectivity index (χ0v) is 12.4. The molecule has 1 aliphatic carbocycles. The van der Waals surface area contributed by atoms with Crippen LogP contribution in [0.5, 0.6) is 0 Å². The summed E-state index contributed by atoms with van der Waals surface area (Å²) in [5, 5.41) is 0. The number of carbonyl (C=O) groups is 1. The Kier molecular flexibility index (Phi) is 2.93. The Hall–Kier alpha value is -2.68. The number of fused-ring (bicyclic) bond motifs is 3. The second-order valence-corrected chi connectivity index (χ2v) is 5.76. The van der Waals surface area contributed by atoms with E-state index in [2.05, 4.69) is 35.3 Å². The number of imidazole rings is 1. The first-order valence-electron chi connectivity index (χ1n) is 7.47. The van der Waals surface area contributed by atoms with Crippen molar-refractivity contribution in [2.75, 3.05) is 0 Å². The maximum atomic E-state index is 12.7. The van der Waals surface area contributed by atoms with E-state index in [9.17, 15) is 4.79 Å². The quantitative estimate of drug-likeness (QED) is 0.536. The molecule has 108 valence electrons. The highest BCUT2D eigenvalue weighted by atomic mass is 16.1. The first kappa shape index (κ1) is 13.0. The van der Waals surface area contributed by atoms with Gasteiger partial charge in [0.25, 0.3) is 0 Å². The van der Waals surface area contributed by atoms with Gasteiger partial charge in [-0.25, -0.2) is 4.98 Å². The molecular formula is C19H16N2O. The minimum Gasteiger partial charge on any atom is -0.327 e. The summed E-state index contributed by atoms with van der Waals surface area (Å²) in [4.78, 5) is 16.7.